The molecule has 2 aliphatic rings. The molecular formula is C72H77BrN8O6. The van der Waals surface area contributed by atoms with Crippen LogP contribution in [-0.2, 0) is 35.8 Å². The van der Waals surface area contributed by atoms with Gasteiger partial charge in [-0.15, -0.1) is 0 Å². The fourth-order valence-electron chi connectivity index (χ4n) is 10.3. The first kappa shape index (κ1) is 64.0. The molecule has 0 aliphatic carbocycles. The molecule has 2 atom stereocenters. The van der Waals surface area contributed by atoms with Crippen LogP contribution in [-0.4, -0.2) is 69.3 Å². The van der Waals surface area contributed by atoms with Gasteiger partial charge < -0.3 is 39.8 Å². The highest BCUT2D eigenvalue weighted by atomic mass is 79.9. The summed E-state index contributed by atoms with van der Waals surface area (Å²) in [7, 11) is 0. The first-order valence-electron chi connectivity index (χ1n) is 29.5. The van der Waals surface area contributed by atoms with Crippen LogP contribution in [0.25, 0.3) is 22.5 Å². The largest absolute Gasteiger partial charge is 0.488 e. The van der Waals surface area contributed by atoms with Crippen LogP contribution in [0.4, 0.5) is 15.4 Å². The van der Waals surface area contributed by atoms with E-state index in [0.717, 1.165) is 70.4 Å². The second-order valence-corrected chi connectivity index (χ2v) is 24.2. The number of aromatic nitrogens is 2. The maximum absolute atomic E-state index is 13.0. The van der Waals surface area contributed by atoms with Gasteiger partial charge in [0.05, 0.1) is 22.5 Å². The minimum atomic E-state index is -0.580. The Morgan fingerprint density at radius 3 is 1.37 bits per heavy atom. The second-order valence-electron chi connectivity index (χ2n) is 23.4. The molecule has 2 fully saturated rings. The maximum atomic E-state index is 13.0. The number of nitriles is 2. The zero-order valence-corrected chi connectivity index (χ0v) is 52.1. The molecule has 3 N–H and O–H groups in total. The van der Waals surface area contributed by atoms with Gasteiger partial charge in [0.15, 0.2) is 0 Å². The number of hydrogen-bond donors (Lipinski definition) is 2. The topological polar surface area (TPSA) is 189 Å². The number of likely N-dealkylation sites (tertiary alicyclic amines) is 2. The summed E-state index contributed by atoms with van der Waals surface area (Å²) in [6, 6.07) is 64.4. The highest BCUT2D eigenvalue weighted by Crippen LogP contribution is 2.40. The van der Waals surface area contributed by atoms with Crippen molar-refractivity contribution in [3.63, 3.8) is 0 Å². The summed E-state index contributed by atoms with van der Waals surface area (Å²) in [5.74, 6) is 1.90. The quantitative estimate of drug-likeness (QED) is 0.0982. The number of pyridine rings is 2. The molecule has 8 aromatic rings. The summed E-state index contributed by atoms with van der Waals surface area (Å²) >= 11 is 3.53. The molecule has 87 heavy (non-hydrogen) atoms. The molecule has 0 saturated carbocycles. The lowest BCUT2D eigenvalue weighted by atomic mass is 9.87. The maximum Gasteiger partial charge on any atom is 0.410 e. The standard InChI is InChI=1S/C36H38N4O3.C29H30BrN3O3.C7H9N/c1-36(2,3)43-35(41)40-20-12-17-28(24-40)30-21-32(39-34(31(30)22-37)38-23-26-13-6-4-7-14-26)29-18-10-11-19-33(29)42-25-27-15-8-5-9-16-27;1-29(2,3)36-28(34)33-15-9-12-21(18-33)23-16-25(32-27(30)24(23)17-31)22-13-7-8-14-26(22)35-19-20-10-5-4-6-11-20;8-6-7-4-2-1-3-5-7/h4-11,13-16,18-19,21,28H,12,17,20,23-25H2,1-3H3,(H,38,39);4-8,10-11,13-14,16,21H,9,12,15,18-19H2,1-3H3;1-5H,6,8H2. The average Bonchev–Trinajstić information content (AvgIpc) is 3.47. The van der Waals surface area contributed by atoms with E-state index in [1.54, 1.807) is 9.80 Å². The minimum Gasteiger partial charge on any atom is -0.488 e. The van der Waals surface area contributed by atoms with Crippen molar-refractivity contribution in [3.05, 3.63) is 231 Å². The summed E-state index contributed by atoms with van der Waals surface area (Å²) < 4.78 is 24.2. The van der Waals surface area contributed by atoms with Crippen LogP contribution in [0.2, 0.25) is 0 Å². The van der Waals surface area contributed by atoms with E-state index in [1.807, 2.05) is 224 Å². The predicted molar refractivity (Wildman–Crippen MR) is 346 cm³/mol. The Morgan fingerprint density at radius 1 is 0.563 bits per heavy atom. The van der Waals surface area contributed by atoms with Crippen molar-refractivity contribution in [2.24, 2.45) is 5.73 Å². The number of hydrogen-bond acceptors (Lipinski definition) is 12. The Labute approximate surface area is 521 Å². The summed E-state index contributed by atoms with van der Waals surface area (Å²) in [4.78, 5) is 38.9. The van der Waals surface area contributed by atoms with Gasteiger partial charge in [-0.2, -0.15) is 10.5 Å². The number of nitrogens with one attached hydrogen (secondary N) is 1. The number of carbonyl (C=O) groups excluding carboxylic acids is 2. The van der Waals surface area contributed by atoms with E-state index in [-0.39, 0.29) is 24.0 Å². The number of benzene rings is 6. The van der Waals surface area contributed by atoms with Crippen LogP contribution >= 0.6 is 15.9 Å². The fraction of sp³-hybridized carbons (Fsp3) is 0.306. The van der Waals surface area contributed by atoms with Crippen molar-refractivity contribution in [2.75, 3.05) is 31.5 Å². The summed E-state index contributed by atoms with van der Waals surface area (Å²) in [5.41, 5.74) is 14.5. The third kappa shape index (κ3) is 18.7. The molecule has 0 spiro atoms. The summed E-state index contributed by atoms with van der Waals surface area (Å²) in [5, 5.41) is 23.8. The number of ether oxygens (including phenoxy) is 4. The summed E-state index contributed by atoms with van der Waals surface area (Å²) in [6.07, 6.45) is 2.72. The SMILES string of the molecule is CC(C)(C)OC(=O)N1CCCC(c2cc(-c3ccccc3OCc3ccccc3)nc(Br)c2C#N)C1.CC(C)(C)OC(=O)N1CCCC(c2cc(-c3ccccc3OCc3ccccc3)nc(NCc3ccccc3)c2C#N)C1.NCc1ccccc1. The third-order valence-corrected chi connectivity index (χ3v) is 15.1. The van der Waals surface area contributed by atoms with Gasteiger partial charge in [-0.05, 0) is 153 Å². The van der Waals surface area contributed by atoms with E-state index in [2.05, 4.69) is 33.4 Å². The van der Waals surface area contributed by atoms with Crippen molar-refractivity contribution in [3.8, 4) is 46.2 Å². The number of halogens is 1. The molecule has 2 aromatic heterocycles. The molecule has 2 amide bonds. The van der Waals surface area contributed by atoms with Gasteiger partial charge in [0.1, 0.15) is 58.5 Å². The Bertz CT molecular complexity index is 3620. The Morgan fingerprint density at radius 2 is 0.954 bits per heavy atom. The molecule has 15 heteroatoms. The number of nitrogens with two attached hydrogens (primary N) is 1. The monoisotopic (exact) mass is 1230 g/mol. The Kier molecular flexibility index (Phi) is 22.7. The number of anilines is 1. The van der Waals surface area contributed by atoms with Gasteiger partial charge in [-0.3, -0.25) is 0 Å². The number of piperidine rings is 2. The van der Waals surface area contributed by atoms with Crippen LogP contribution in [0, 0.1) is 22.7 Å². The van der Waals surface area contributed by atoms with Crippen LogP contribution in [0.5, 0.6) is 11.5 Å². The van der Waals surface area contributed by atoms with Crippen molar-refractivity contribution in [2.45, 2.75) is 117 Å². The van der Waals surface area contributed by atoms with Gasteiger partial charge in [0.2, 0.25) is 0 Å². The highest BCUT2D eigenvalue weighted by Gasteiger charge is 2.33. The number of carbonyl (C=O) groups is 2. The second kappa shape index (κ2) is 30.9. The minimum absolute atomic E-state index is 0.00336. The molecule has 0 bridgehead atoms. The van der Waals surface area contributed by atoms with Gasteiger partial charge in [0.25, 0.3) is 0 Å². The first-order valence-corrected chi connectivity index (χ1v) is 30.3. The normalized spacial score (nSPS) is 14.7. The first-order chi connectivity index (χ1) is 42.0. The van der Waals surface area contributed by atoms with Crippen molar-refractivity contribution in [1.82, 2.24) is 19.8 Å². The molecule has 10 rings (SSSR count). The predicted octanol–water partition coefficient (Wildman–Crippen LogP) is 16.1. The van der Waals surface area contributed by atoms with Crippen molar-refractivity contribution in [1.29, 1.82) is 10.5 Å². The van der Waals surface area contributed by atoms with Crippen LogP contribution < -0.4 is 20.5 Å². The number of nitrogens with zero attached hydrogens (tertiary/aromatic N) is 6. The zero-order chi connectivity index (χ0) is 61.8. The molecule has 0 radical (unpaired) electrons. The lowest BCUT2D eigenvalue weighted by Gasteiger charge is -2.35. The van der Waals surface area contributed by atoms with E-state index in [9.17, 15) is 20.1 Å². The summed E-state index contributed by atoms with van der Waals surface area (Å²) in [6.45, 7) is 15.5. The number of amides is 2. The van der Waals surface area contributed by atoms with Crippen LogP contribution in [0.15, 0.2) is 187 Å². The van der Waals surface area contributed by atoms with E-state index in [4.69, 9.17) is 34.6 Å². The van der Waals surface area contributed by atoms with E-state index >= 15 is 0 Å². The Balaban J connectivity index is 0.000000202. The molecule has 448 valence electrons. The van der Waals surface area contributed by atoms with E-state index in [1.165, 1.54) is 5.56 Å². The molecule has 4 heterocycles. The van der Waals surface area contributed by atoms with Gasteiger partial charge in [0, 0.05) is 62.2 Å². The lowest BCUT2D eigenvalue weighted by molar-refractivity contribution is 0.0188. The highest BCUT2D eigenvalue weighted by molar-refractivity contribution is 9.10. The molecule has 2 saturated heterocycles. The number of rotatable bonds is 14. The lowest BCUT2D eigenvalue weighted by Crippen LogP contribution is -2.42. The third-order valence-electron chi connectivity index (χ3n) is 14.5. The van der Waals surface area contributed by atoms with Gasteiger partial charge in [-0.1, -0.05) is 146 Å². The molecular weight excluding hydrogens is 1150 g/mol. The smallest absolute Gasteiger partial charge is 0.410 e. The Hall–Kier alpha value is -9.02. The molecule has 6 aromatic carbocycles. The van der Waals surface area contributed by atoms with Gasteiger partial charge in [-0.25, -0.2) is 19.6 Å². The zero-order valence-electron chi connectivity index (χ0n) is 50.5. The van der Waals surface area contributed by atoms with Crippen LogP contribution in [0.3, 0.4) is 0 Å². The molecule has 2 aliphatic heterocycles. The van der Waals surface area contributed by atoms with Crippen molar-refractivity contribution >= 4 is 33.9 Å². The fourth-order valence-corrected chi connectivity index (χ4v) is 10.8. The van der Waals surface area contributed by atoms with E-state index in [0.29, 0.717) is 91.2 Å². The average molecular weight is 1230 g/mol. The van der Waals surface area contributed by atoms with E-state index < -0.39 is 11.2 Å². The van der Waals surface area contributed by atoms with Crippen molar-refractivity contribution < 1.29 is 28.5 Å². The molecule has 14 nitrogen and oxygen atoms in total. The molecule has 2 unspecified atom stereocenters. The van der Waals surface area contributed by atoms with Gasteiger partial charge >= 0.3 is 12.2 Å². The van der Waals surface area contributed by atoms with Crippen LogP contribution in [0.1, 0.15) is 124 Å². The number of para-hydroxylation sites is 2.